The monoisotopic (exact) mass is 334 g/mol. The predicted molar refractivity (Wildman–Crippen MR) is 89.3 cm³/mol. The van der Waals surface area contributed by atoms with Gasteiger partial charge in [0.2, 0.25) is 5.91 Å². The number of carbonyl (C=O) groups is 2. The summed E-state index contributed by atoms with van der Waals surface area (Å²) in [5, 5.41) is 8.81. The smallest absolute Gasteiger partial charge is 0.261 e. The molecule has 3 heterocycles. The number of nitrogens with zero attached hydrogens (tertiary/aromatic N) is 1. The van der Waals surface area contributed by atoms with Crippen molar-refractivity contribution >= 4 is 34.5 Å². The summed E-state index contributed by atoms with van der Waals surface area (Å²) >= 11 is 3.03. The molecule has 0 radical (unpaired) electrons. The third-order valence-corrected chi connectivity index (χ3v) is 5.50. The average molecular weight is 334 g/mol. The van der Waals surface area contributed by atoms with Crippen LogP contribution in [0, 0.1) is 0 Å². The molecule has 3 rings (SSSR count). The van der Waals surface area contributed by atoms with Gasteiger partial charge in [-0.1, -0.05) is 6.07 Å². The lowest BCUT2D eigenvalue weighted by molar-refractivity contribution is -0.133. The SMILES string of the molecule is C[C@@H](NC(=O)c1cccs1)C(=O)N1CCC[C@@H]1c1ccsc1. The van der Waals surface area contributed by atoms with Gasteiger partial charge in [0, 0.05) is 6.54 Å². The number of rotatable bonds is 4. The molecular formula is C16H18N2O2S2. The highest BCUT2D eigenvalue weighted by molar-refractivity contribution is 7.12. The maximum Gasteiger partial charge on any atom is 0.261 e. The topological polar surface area (TPSA) is 49.4 Å². The van der Waals surface area contributed by atoms with E-state index in [2.05, 4.69) is 16.8 Å². The van der Waals surface area contributed by atoms with Gasteiger partial charge in [-0.15, -0.1) is 11.3 Å². The Labute approximate surface area is 137 Å². The number of amides is 2. The molecule has 1 aliphatic heterocycles. The summed E-state index contributed by atoms with van der Waals surface area (Å²) in [4.78, 5) is 27.3. The minimum absolute atomic E-state index is 0.00129. The first-order chi connectivity index (χ1) is 10.7. The van der Waals surface area contributed by atoms with E-state index < -0.39 is 6.04 Å². The minimum atomic E-state index is -0.506. The van der Waals surface area contributed by atoms with Crippen LogP contribution in [0.1, 0.15) is 41.0 Å². The standard InChI is InChI=1S/C16H18N2O2S2/c1-11(17-15(19)14-5-3-8-22-14)16(20)18-7-2-4-13(18)12-6-9-21-10-12/h3,5-6,8-11,13H,2,4,7H2,1H3,(H,17,19)/t11-,13-/m1/s1. The Morgan fingerprint density at radius 2 is 2.23 bits per heavy atom. The fourth-order valence-electron chi connectivity index (χ4n) is 2.83. The Kier molecular flexibility index (Phi) is 4.59. The summed E-state index contributed by atoms with van der Waals surface area (Å²) in [7, 11) is 0. The van der Waals surface area contributed by atoms with Gasteiger partial charge in [0.05, 0.1) is 10.9 Å². The van der Waals surface area contributed by atoms with Gasteiger partial charge in [-0.2, -0.15) is 11.3 Å². The van der Waals surface area contributed by atoms with Gasteiger partial charge < -0.3 is 10.2 Å². The molecule has 2 atom stereocenters. The average Bonchev–Trinajstić information content (AvgIpc) is 3.26. The highest BCUT2D eigenvalue weighted by Crippen LogP contribution is 2.33. The fraction of sp³-hybridized carbons (Fsp3) is 0.375. The fourth-order valence-corrected chi connectivity index (χ4v) is 4.16. The van der Waals surface area contributed by atoms with Crippen molar-refractivity contribution in [2.45, 2.75) is 31.8 Å². The molecule has 6 heteroatoms. The molecule has 1 N–H and O–H groups in total. The van der Waals surface area contributed by atoms with Gasteiger partial charge in [-0.3, -0.25) is 9.59 Å². The number of hydrogen-bond donors (Lipinski definition) is 1. The second-order valence-electron chi connectivity index (χ2n) is 5.42. The molecule has 0 saturated carbocycles. The third-order valence-electron chi connectivity index (χ3n) is 3.93. The Hall–Kier alpha value is -1.66. The van der Waals surface area contributed by atoms with E-state index in [0.29, 0.717) is 4.88 Å². The molecule has 0 bridgehead atoms. The molecule has 0 aliphatic carbocycles. The molecule has 4 nitrogen and oxygen atoms in total. The van der Waals surface area contributed by atoms with Crippen LogP contribution >= 0.6 is 22.7 Å². The van der Waals surface area contributed by atoms with E-state index >= 15 is 0 Å². The van der Waals surface area contributed by atoms with Crippen molar-refractivity contribution in [1.29, 1.82) is 0 Å². The van der Waals surface area contributed by atoms with Crippen molar-refractivity contribution in [1.82, 2.24) is 10.2 Å². The van der Waals surface area contributed by atoms with Crippen LogP contribution in [0.15, 0.2) is 34.3 Å². The second-order valence-corrected chi connectivity index (χ2v) is 7.15. The molecule has 2 aromatic heterocycles. The van der Waals surface area contributed by atoms with Gasteiger partial charge in [0.1, 0.15) is 6.04 Å². The lowest BCUT2D eigenvalue weighted by atomic mass is 10.1. The maximum absolute atomic E-state index is 12.7. The number of hydrogen-bond acceptors (Lipinski definition) is 4. The lowest BCUT2D eigenvalue weighted by Crippen LogP contribution is -2.46. The lowest BCUT2D eigenvalue weighted by Gasteiger charge is -2.27. The summed E-state index contributed by atoms with van der Waals surface area (Å²) in [5.74, 6) is -0.180. The number of thiophene rings is 2. The third kappa shape index (κ3) is 3.08. The van der Waals surface area contributed by atoms with Gasteiger partial charge in [0.25, 0.3) is 5.91 Å². The van der Waals surface area contributed by atoms with Gasteiger partial charge in [-0.25, -0.2) is 0 Å². The van der Waals surface area contributed by atoms with Gasteiger partial charge >= 0.3 is 0 Å². The number of carbonyl (C=O) groups excluding carboxylic acids is 2. The minimum Gasteiger partial charge on any atom is -0.340 e. The first kappa shape index (κ1) is 15.2. The van der Waals surface area contributed by atoms with Crippen molar-refractivity contribution < 1.29 is 9.59 Å². The van der Waals surface area contributed by atoms with E-state index in [4.69, 9.17) is 0 Å². The van der Waals surface area contributed by atoms with E-state index in [1.54, 1.807) is 24.3 Å². The molecule has 2 aromatic rings. The van der Waals surface area contributed by atoms with E-state index in [1.165, 1.54) is 16.9 Å². The van der Waals surface area contributed by atoms with Crippen LogP contribution in [0.4, 0.5) is 0 Å². The second kappa shape index (κ2) is 6.62. The summed E-state index contributed by atoms with van der Waals surface area (Å²) < 4.78 is 0. The van der Waals surface area contributed by atoms with Crippen LogP contribution in [0.5, 0.6) is 0 Å². The number of nitrogens with one attached hydrogen (secondary N) is 1. The van der Waals surface area contributed by atoms with E-state index in [9.17, 15) is 9.59 Å². The molecule has 2 amide bonds. The molecule has 0 aromatic carbocycles. The van der Waals surface area contributed by atoms with Crippen molar-refractivity contribution in [3.63, 3.8) is 0 Å². The molecule has 1 fully saturated rings. The zero-order valence-electron chi connectivity index (χ0n) is 12.3. The van der Waals surface area contributed by atoms with Crippen molar-refractivity contribution in [2.75, 3.05) is 6.54 Å². The summed E-state index contributed by atoms with van der Waals surface area (Å²) in [5.41, 5.74) is 1.20. The van der Waals surface area contributed by atoms with Gasteiger partial charge in [-0.05, 0) is 53.6 Å². The molecule has 22 heavy (non-hydrogen) atoms. The molecule has 0 spiro atoms. The quantitative estimate of drug-likeness (QED) is 0.933. The number of likely N-dealkylation sites (tertiary alicyclic amines) is 1. The zero-order valence-corrected chi connectivity index (χ0v) is 14.0. The predicted octanol–water partition coefficient (Wildman–Crippen LogP) is 3.29. The first-order valence-corrected chi connectivity index (χ1v) is 9.16. The molecular weight excluding hydrogens is 316 g/mol. The first-order valence-electron chi connectivity index (χ1n) is 7.34. The van der Waals surface area contributed by atoms with Gasteiger partial charge in [0.15, 0.2) is 0 Å². The van der Waals surface area contributed by atoms with Crippen LogP contribution in [-0.2, 0) is 4.79 Å². The van der Waals surface area contributed by atoms with Crippen molar-refractivity contribution in [3.05, 3.63) is 44.8 Å². The van der Waals surface area contributed by atoms with Crippen LogP contribution < -0.4 is 5.32 Å². The van der Waals surface area contributed by atoms with E-state index in [1.807, 2.05) is 21.7 Å². The van der Waals surface area contributed by atoms with Crippen LogP contribution in [0.2, 0.25) is 0 Å². The summed E-state index contributed by atoms with van der Waals surface area (Å²) in [6, 6.07) is 5.32. The van der Waals surface area contributed by atoms with Crippen LogP contribution in [-0.4, -0.2) is 29.3 Å². The molecule has 116 valence electrons. The highest BCUT2D eigenvalue weighted by atomic mass is 32.1. The Morgan fingerprint density at radius 3 is 2.91 bits per heavy atom. The van der Waals surface area contributed by atoms with E-state index in [-0.39, 0.29) is 17.9 Å². The summed E-state index contributed by atoms with van der Waals surface area (Å²) in [6.07, 6.45) is 2.01. The Balaban J connectivity index is 1.66. The summed E-state index contributed by atoms with van der Waals surface area (Å²) in [6.45, 7) is 2.52. The van der Waals surface area contributed by atoms with Crippen molar-refractivity contribution in [2.24, 2.45) is 0 Å². The van der Waals surface area contributed by atoms with Crippen LogP contribution in [0.3, 0.4) is 0 Å². The van der Waals surface area contributed by atoms with Crippen molar-refractivity contribution in [3.8, 4) is 0 Å². The Morgan fingerprint density at radius 1 is 1.36 bits per heavy atom. The zero-order chi connectivity index (χ0) is 15.5. The molecule has 1 aliphatic rings. The highest BCUT2D eigenvalue weighted by Gasteiger charge is 2.33. The van der Waals surface area contributed by atoms with Crippen LogP contribution in [0.25, 0.3) is 0 Å². The normalized spacial score (nSPS) is 19.1. The molecule has 0 unspecified atom stereocenters. The van der Waals surface area contributed by atoms with E-state index in [0.717, 1.165) is 19.4 Å². The molecule has 1 saturated heterocycles. The maximum atomic E-state index is 12.7. The Bertz CT molecular complexity index is 637. The largest absolute Gasteiger partial charge is 0.340 e.